The molecular weight excluding hydrogens is 308 g/mol. The van der Waals surface area contributed by atoms with Crippen molar-refractivity contribution in [1.29, 1.82) is 0 Å². The third-order valence-corrected chi connectivity index (χ3v) is 4.77. The number of carboxylic acids is 1. The predicted octanol–water partition coefficient (Wildman–Crippen LogP) is 2.80. The van der Waals surface area contributed by atoms with Crippen LogP contribution in [-0.4, -0.2) is 29.4 Å². The summed E-state index contributed by atoms with van der Waals surface area (Å²) in [5, 5.41) is 13.8. The van der Waals surface area contributed by atoms with E-state index in [1.165, 1.54) is 6.42 Å². The fraction of sp³-hybridized carbons (Fsp3) is 0.500. The molecule has 3 N–H and O–H groups in total. The van der Waals surface area contributed by atoms with Gasteiger partial charge in [0.15, 0.2) is 0 Å². The van der Waals surface area contributed by atoms with Gasteiger partial charge < -0.3 is 15.7 Å². The molecular formula is C18H24N2O4. The quantitative estimate of drug-likeness (QED) is 0.746. The van der Waals surface area contributed by atoms with Crippen LogP contribution in [0.3, 0.4) is 0 Å². The molecule has 0 unspecified atom stereocenters. The lowest BCUT2D eigenvalue weighted by Crippen LogP contribution is -2.37. The first-order valence-electron chi connectivity index (χ1n) is 8.38. The highest BCUT2D eigenvalue weighted by Crippen LogP contribution is 2.40. The van der Waals surface area contributed by atoms with Crippen LogP contribution in [0.5, 0.6) is 0 Å². The van der Waals surface area contributed by atoms with Crippen LogP contribution in [-0.2, 0) is 9.59 Å². The molecule has 0 saturated heterocycles. The van der Waals surface area contributed by atoms with Crippen LogP contribution < -0.4 is 10.6 Å². The zero-order valence-electron chi connectivity index (χ0n) is 13.9. The number of amides is 2. The molecule has 0 atom stereocenters. The smallest absolute Gasteiger partial charge is 0.322 e. The van der Waals surface area contributed by atoms with Crippen molar-refractivity contribution in [3.05, 3.63) is 29.8 Å². The molecule has 6 nitrogen and oxygen atoms in total. The molecule has 1 fully saturated rings. The first-order valence-corrected chi connectivity index (χ1v) is 8.38. The van der Waals surface area contributed by atoms with Crippen LogP contribution in [0.2, 0.25) is 0 Å². The van der Waals surface area contributed by atoms with Gasteiger partial charge in [0.25, 0.3) is 5.91 Å². The van der Waals surface area contributed by atoms with Gasteiger partial charge in [-0.05, 0) is 43.5 Å². The van der Waals surface area contributed by atoms with Crippen molar-refractivity contribution >= 4 is 23.5 Å². The summed E-state index contributed by atoms with van der Waals surface area (Å²) in [6.07, 6.45) is 6.04. The van der Waals surface area contributed by atoms with E-state index in [-0.39, 0.29) is 11.3 Å². The summed E-state index contributed by atoms with van der Waals surface area (Å²) in [5.74, 6) is -1.50. The Balaban J connectivity index is 1.99. The predicted molar refractivity (Wildman–Crippen MR) is 90.8 cm³/mol. The second kappa shape index (κ2) is 7.95. The first-order chi connectivity index (χ1) is 11.5. The van der Waals surface area contributed by atoms with E-state index in [9.17, 15) is 14.4 Å². The van der Waals surface area contributed by atoms with Crippen LogP contribution in [0.15, 0.2) is 24.3 Å². The molecule has 0 radical (unpaired) electrons. The molecule has 1 aliphatic carbocycles. The number of anilines is 1. The minimum absolute atomic E-state index is 0.0489. The Kier molecular flexibility index (Phi) is 5.95. The van der Waals surface area contributed by atoms with Crippen LogP contribution in [0.1, 0.15) is 55.8 Å². The Labute approximate surface area is 141 Å². The Bertz CT molecular complexity index is 604. The minimum Gasteiger partial charge on any atom is -0.480 e. The lowest BCUT2D eigenvalue weighted by molar-refractivity contribution is -0.135. The van der Waals surface area contributed by atoms with Crippen molar-refractivity contribution in [1.82, 2.24) is 5.32 Å². The van der Waals surface area contributed by atoms with Gasteiger partial charge in [0.1, 0.15) is 6.54 Å². The molecule has 0 heterocycles. The number of carboxylic acid groups (broad SMARTS) is 1. The molecule has 6 heteroatoms. The number of aliphatic carboxylic acids is 1. The highest BCUT2D eigenvalue weighted by molar-refractivity contribution is 5.98. The molecule has 0 aliphatic heterocycles. The summed E-state index contributed by atoms with van der Waals surface area (Å²) in [5.41, 5.74) is 0.723. The summed E-state index contributed by atoms with van der Waals surface area (Å²) in [7, 11) is 0. The van der Waals surface area contributed by atoms with Gasteiger partial charge in [-0.25, -0.2) is 0 Å². The molecule has 1 aromatic rings. The second-order valence-corrected chi connectivity index (χ2v) is 6.30. The summed E-state index contributed by atoms with van der Waals surface area (Å²) < 4.78 is 0. The third-order valence-electron chi connectivity index (χ3n) is 4.77. The van der Waals surface area contributed by atoms with Crippen molar-refractivity contribution in [2.75, 3.05) is 11.9 Å². The van der Waals surface area contributed by atoms with Gasteiger partial charge in [0, 0.05) is 16.7 Å². The van der Waals surface area contributed by atoms with E-state index in [0.29, 0.717) is 11.3 Å². The van der Waals surface area contributed by atoms with Crippen LogP contribution in [0.25, 0.3) is 0 Å². The second-order valence-electron chi connectivity index (χ2n) is 6.30. The minimum atomic E-state index is -1.09. The van der Waals surface area contributed by atoms with Gasteiger partial charge in [-0.2, -0.15) is 0 Å². The standard InChI is InChI=1S/C18H24N2O4/c1-2-18(10-4-3-5-11-18)17(24)20-14-8-6-13(7-9-14)16(23)19-12-15(21)22/h6-9H,2-5,10-12H2,1H3,(H,19,23)(H,20,24)(H,21,22). The lowest BCUT2D eigenvalue weighted by Gasteiger charge is -2.34. The Hall–Kier alpha value is -2.37. The highest BCUT2D eigenvalue weighted by Gasteiger charge is 2.37. The molecule has 0 spiro atoms. The SMILES string of the molecule is CCC1(C(=O)Nc2ccc(C(=O)NCC(=O)O)cc2)CCCCC1. The average Bonchev–Trinajstić information content (AvgIpc) is 2.60. The van der Waals surface area contributed by atoms with Crippen molar-refractivity contribution in [3.8, 4) is 0 Å². The van der Waals surface area contributed by atoms with E-state index in [1.54, 1.807) is 24.3 Å². The maximum atomic E-state index is 12.7. The lowest BCUT2D eigenvalue weighted by atomic mass is 9.71. The first kappa shape index (κ1) is 18.0. The van der Waals surface area contributed by atoms with Crippen molar-refractivity contribution in [2.24, 2.45) is 5.41 Å². The fourth-order valence-corrected chi connectivity index (χ4v) is 3.20. The maximum absolute atomic E-state index is 12.7. The average molecular weight is 332 g/mol. The number of carbonyl (C=O) groups excluding carboxylic acids is 2. The molecule has 0 bridgehead atoms. The van der Waals surface area contributed by atoms with Crippen LogP contribution in [0, 0.1) is 5.41 Å². The van der Waals surface area contributed by atoms with Crippen molar-refractivity contribution in [3.63, 3.8) is 0 Å². The zero-order chi connectivity index (χ0) is 17.6. The molecule has 24 heavy (non-hydrogen) atoms. The van der Waals surface area contributed by atoms with Gasteiger partial charge >= 0.3 is 5.97 Å². The summed E-state index contributed by atoms with van der Waals surface area (Å²) >= 11 is 0. The maximum Gasteiger partial charge on any atom is 0.322 e. The van der Waals surface area contributed by atoms with Crippen molar-refractivity contribution < 1.29 is 19.5 Å². The van der Waals surface area contributed by atoms with Gasteiger partial charge in [0.05, 0.1) is 0 Å². The molecule has 0 aromatic heterocycles. The summed E-state index contributed by atoms with van der Waals surface area (Å²) in [4.78, 5) is 34.9. The number of hydrogen-bond donors (Lipinski definition) is 3. The molecule has 1 aromatic carbocycles. The topological polar surface area (TPSA) is 95.5 Å². The highest BCUT2D eigenvalue weighted by atomic mass is 16.4. The monoisotopic (exact) mass is 332 g/mol. The van der Waals surface area contributed by atoms with E-state index in [0.717, 1.165) is 32.1 Å². The van der Waals surface area contributed by atoms with Crippen LogP contribution in [0.4, 0.5) is 5.69 Å². The fourth-order valence-electron chi connectivity index (χ4n) is 3.20. The Morgan fingerprint density at radius 3 is 2.25 bits per heavy atom. The zero-order valence-corrected chi connectivity index (χ0v) is 13.9. The van der Waals surface area contributed by atoms with Crippen LogP contribution >= 0.6 is 0 Å². The Morgan fingerprint density at radius 1 is 1.08 bits per heavy atom. The number of benzene rings is 1. The third kappa shape index (κ3) is 4.34. The molecule has 1 saturated carbocycles. The van der Waals surface area contributed by atoms with E-state index in [1.807, 2.05) is 0 Å². The summed E-state index contributed by atoms with van der Waals surface area (Å²) in [6, 6.07) is 6.48. The normalized spacial score (nSPS) is 16.2. The van der Waals surface area contributed by atoms with Gasteiger partial charge in [-0.3, -0.25) is 14.4 Å². The summed E-state index contributed by atoms with van der Waals surface area (Å²) in [6.45, 7) is 1.64. The Morgan fingerprint density at radius 2 is 1.71 bits per heavy atom. The van der Waals surface area contributed by atoms with Crippen molar-refractivity contribution in [2.45, 2.75) is 45.4 Å². The van der Waals surface area contributed by atoms with E-state index < -0.39 is 18.4 Å². The largest absolute Gasteiger partial charge is 0.480 e. The number of carbonyl (C=O) groups is 3. The number of rotatable bonds is 6. The molecule has 1 aliphatic rings. The number of nitrogens with one attached hydrogen (secondary N) is 2. The van der Waals surface area contributed by atoms with E-state index >= 15 is 0 Å². The number of hydrogen-bond acceptors (Lipinski definition) is 3. The molecule has 2 rings (SSSR count). The van der Waals surface area contributed by atoms with Gasteiger partial charge in [-0.1, -0.05) is 26.2 Å². The van der Waals surface area contributed by atoms with E-state index in [2.05, 4.69) is 17.6 Å². The molecule has 130 valence electrons. The van der Waals surface area contributed by atoms with Gasteiger partial charge in [0.2, 0.25) is 5.91 Å². The van der Waals surface area contributed by atoms with E-state index in [4.69, 9.17) is 5.11 Å². The molecule has 2 amide bonds. The van der Waals surface area contributed by atoms with Gasteiger partial charge in [-0.15, -0.1) is 0 Å².